The SMILES string of the molecule is COc1ccc(C(=O)NC(=S)Nc2ccc(N3CCOCC3)c(Cl)c2)cc1Cl. The van der Waals surface area contributed by atoms with Gasteiger partial charge in [-0.15, -0.1) is 0 Å². The number of hydrogen-bond donors (Lipinski definition) is 2. The van der Waals surface area contributed by atoms with E-state index in [-0.39, 0.29) is 11.0 Å². The Kier molecular flexibility index (Phi) is 6.96. The van der Waals surface area contributed by atoms with Crippen molar-refractivity contribution in [1.29, 1.82) is 0 Å². The first-order valence-electron chi connectivity index (χ1n) is 8.56. The molecule has 1 amide bonds. The Hall–Kier alpha value is -2.06. The van der Waals surface area contributed by atoms with Crippen molar-refractivity contribution in [2.45, 2.75) is 0 Å². The van der Waals surface area contributed by atoms with Crippen molar-refractivity contribution in [2.24, 2.45) is 0 Å². The average Bonchev–Trinajstić information content (AvgIpc) is 2.68. The topological polar surface area (TPSA) is 62.8 Å². The van der Waals surface area contributed by atoms with Gasteiger partial charge in [0.05, 0.1) is 36.1 Å². The van der Waals surface area contributed by atoms with Crippen molar-refractivity contribution in [3.63, 3.8) is 0 Å². The van der Waals surface area contributed by atoms with Gasteiger partial charge in [0.2, 0.25) is 0 Å². The second-order valence-electron chi connectivity index (χ2n) is 6.02. The van der Waals surface area contributed by atoms with Crippen LogP contribution >= 0.6 is 35.4 Å². The van der Waals surface area contributed by atoms with Crippen LogP contribution in [0, 0.1) is 0 Å². The van der Waals surface area contributed by atoms with Crippen molar-refractivity contribution >= 4 is 57.8 Å². The molecule has 1 aliphatic heterocycles. The summed E-state index contributed by atoms with van der Waals surface area (Å²) in [4.78, 5) is 14.5. The van der Waals surface area contributed by atoms with Crippen LogP contribution in [0.25, 0.3) is 0 Å². The number of halogens is 2. The van der Waals surface area contributed by atoms with E-state index in [9.17, 15) is 4.79 Å². The molecule has 2 N–H and O–H groups in total. The summed E-state index contributed by atoms with van der Waals surface area (Å²) in [5.74, 6) is 0.118. The lowest BCUT2D eigenvalue weighted by atomic mass is 10.2. The minimum absolute atomic E-state index is 0.159. The Bertz CT molecular complexity index is 889. The van der Waals surface area contributed by atoms with Gasteiger partial charge in [-0.1, -0.05) is 23.2 Å². The van der Waals surface area contributed by atoms with E-state index in [0.29, 0.717) is 40.3 Å². The summed E-state index contributed by atoms with van der Waals surface area (Å²) in [7, 11) is 1.51. The Morgan fingerprint density at radius 2 is 1.89 bits per heavy atom. The lowest BCUT2D eigenvalue weighted by Gasteiger charge is -2.29. The van der Waals surface area contributed by atoms with Crippen molar-refractivity contribution in [3.05, 3.63) is 52.0 Å². The molecule has 0 saturated carbocycles. The number of nitrogens with zero attached hydrogens (tertiary/aromatic N) is 1. The highest BCUT2D eigenvalue weighted by Crippen LogP contribution is 2.29. The number of carbonyl (C=O) groups is 1. The molecule has 28 heavy (non-hydrogen) atoms. The zero-order valence-corrected chi connectivity index (χ0v) is 17.5. The van der Waals surface area contributed by atoms with E-state index in [1.807, 2.05) is 12.1 Å². The Balaban J connectivity index is 1.62. The molecule has 1 fully saturated rings. The molecule has 1 heterocycles. The number of benzene rings is 2. The molecule has 0 bridgehead atoms. The number of anilines is 2. The highest BCUT2D eigenvalue weighted by Gasteiger charge is 2.15. The fraction of sp³-hybridized carbons (Fsp3) is 0.263. The smallest absolute Gasteiger partial charge is 0.257 e. The van der Waals surface area contributed by atoms with Crippen LogP contribution in [-0.4, -0.2) is 44.4 Å². The van der Waals surface area contributed by atoms with Crippen LogP contribution in [0.5, 0.6) is 5.75 Å². The molecule has 6 nitrogen and oxygen atoms in total. The quantitative estimate of drug-likeness (QED) is 0.702. The van der Waals surface area contributed by atoms with Gasteiger partial charge in [-0.05, 0) is 48.6 Å². The first-order chi connectivity index (χ1) is 13.5. The molecule has 0 aromatic heterocycles. The summed E-state index contributed by atoms with van der Waals surface area (Å²) < 4.78 is 10.4. The van der Waals surface area contributed by atoms with Gasteiger partial charge in [0.25, 0.3) is 5.91 Å². The third-order valence-electron chi connectivity index (χ3n) is 4.20. The molecule has 0 radical (unpaired) electrons. The lowest BCUT2D eigenvalue weighted by molar-refractivity contribution is 0.0977. The largest absolute Gasteiger partial charge is 0.495 e. The molecule has 2 aromatic carbocycles. The van der Waals surface area contributed by atoms with Gasteiger partial charge >= 0.3 is 0 Å². The number of methoxy groups -OCH3 is 1. The summed E-state index contributed by atoms with van der Waals surface area (Å²) in [6.07, 6.45) is 0. The van der Waals surface area contributed by atoms with Crippen molar-refractivity contribution in [2.75, 3.05) is 43.6 Å². The highest BCUT2D eigenvalue weighted by molar-refractivity contribution is 7.80. The molecule has 1 aliphatic rings. The Morgan fingerprint density at radius 1 is 1.14 bits per heavy atom. The Labute approximate surface area is 178 Å². The van der Waals surface area contributed by atoms with Crippen molar-refractivity contribution in [1.82, 2.24) is 5.32 Å². The summed E-state index contributed by atoms with van der Waals surface area (Å²) in [5.41, 5.74) is 1.99. The van der Waals surface area contributed by atoms with Crippen LogP contribution < -0.4 is 20.3 Å². The minimum atomic E-state index is -0.377. The van der Waals surface area contributed by atoms with E-state index in [0.717, 1.165) is 18.8 Å². The third kappa shape index (κ3) is 5.05. The van der Waals surface area contributed by atoms with Crippen LogP contribution in [0.15, 0.2) is 36.4 Å². The first kappa shape index (κ1) is 20.7. The van der Waals surface area contributed by atoms with Gasteiger partial charge in [-0.2, -0.15) is 0 Å². The lowest BCUT2D eigenvalue weighted by Crippen LogP contribution is -2.36. The number of amides is 1. The van der Waals surface area contributed by atoms with Gasteiger partial charge in [-0.3, -0.25) is 10.1 Å². The van der Waals surface area contributed by atoms with Crippen LogP contribution in [0.1, 0.15) is 10.4 Å². The molecule has 9 heteroatoms. The van der Waals surface area contributed by atoms with E-state index in [1.54, 1.807) is 18.2 Å². The van der Waals surface area contributed by atoms with Crippen molar-refractivity contribution < 1.29 is 14.3 Å². The maximum atomic E-state index is 12.3. The normalized spacial score (nSPS) is 13.8. The number of thiocarbonyl (C=S) groups is 1. The van der Waals surface area contributed by atoms with E-state index < -0.39 is 0 Å². The zero-order valence-electron chi connectivity index (χ0n) is 15.1. The maximum absolute atomic E-state index is 12.3. The molecule has 0 atom stereocenters. The summed E-state index contributed by atoms with van der Waals surface area (Å²) in [5, 5.41) is 6.69. The molecule has 0 spiro atoms. The van der Waals surface area contributed by atoms with Crippen LogP contribution in [0.3, 0.4) is 0 Å². The third-order valence-corrected chi connectivity index (χ3v) is 5.00. The van der Waals surface area contributed by atoms with Gasteiger partial charge in [0.1, 0.15) is 5.75 Å². The van der Waals surface area contributed by atoms with E-state index >= 15 is 0 Å². The number of hydrogen-bond acceptors (Lipinski definition) is 5. The fourth-order valence-electron chi connectivity index (χ4n) is 2.79. The summed E-state index contributed by atoms with van der Waals surface area (Å²) in [6, 6.07) is 10.3. The molecule has 148 valence electrons. The second-order valence-corrected chi connectivity index (χ2v) is 7.25. The molecular formula is C19H19Cl2N3O3S. The molecule has 3 rings (SSSR count). The van der Waals surface area contributed by atoms with Crippen LogP contribution in [0.2, 0.25) is 10.0 Å². The molecule has 2 aromatic rings. The number of morpholine rings is 1. The minimum Gasteiger partial charge on any atom is -0.495 e. The van der Waals surface area contributed by atoms with E-state index in [2.05, 4.69) is 15.5 Å². The Morgan fingerprint density at radius 3 is 2.54 bits per heavy atom. The van der Waals surface area contributed by atoms with Gasteiger partial charge < -0.3 is 19.7 Å². The highest BCUT2D eigenvalue weighted by atomic mass is 35.5. The van der Waals surface area contributed by atoms with Gasteiger partial charge in [0.15, 0.2) is 5.11 Å². The monoisotopic (exact) mass is 439 g/mol. The zero-order chi connectivity index (χ0) is 20.1. The maximum Gasteiger partial charge on any atom is 0.257 e. The number of carbonyl (C=O) groups excluding carboxylic acids is 1. The molecule has 1 saturated heterocycles. The van der Waals surface area contributed by atoms with Gasteiger partial charge in [-0.25, -0.2) is 0 Å². The number of rotatable bonds is 4. The first-order valence-corrected chi connectivity index (χ1v) is 9.72. The standard InChI is InChI=1S/C19H19Cl2N3O3S/c1-26-17-5-2-12(10-15(17)21)18(25)23-19(28)22-13-3-4-16(14(20)11-13)24-6-8-27-9-7-24/h2-5,10-11H,6-9H2,1H3,(H2,22,23,25,28). The molecule has 0 unspecified atom stereocenters. The van der Waals surface area contributed by atoms with Gasteiger partial charge in [0, 0.05) is 24.3 Å². The predicted octanol–water partition coefficient (Wildman–Crippen LogP) is 3.97. The average molecular weight is 440 g/mol. The van der Waals surface area contributed by atoms with Crippen LogP contribution in [0.4, 0.5) is 11.4 Å². The second kappa shape index (κ2) is 9.43. The summed E-state index contributed by atoms with van der Waals surface area (Å²) >= 11 is 17.7. The summed E-state index contributed by atoms with van der Waals surface area (Å²) in [6.45, 7) is 2.96. The van der Waals surface area contributed by atoms with Crippen LogP contribution in [-0.2, 0) is 4.74 Å². The predicted molar refractivity (Wildman–Crippen MR) is 116 cm³/mol. The molecule has 0 aliphatic carbocycles. The van der Waals surface area contributed by atoms with E-state index in [4.69, 9.17) is 44.9 Å². The van der Waals surface area contributed by atoms with E-state index in [1.165, 1.54) is 13.2 Å². The van der Waals surface area contributed by atoms with Crippen molar-refractivity contribution in [3.8, 4) is 5.75 Å². The fourth-order valence-corrected chi connectivity index (χ4v) is 3.56. The number of ether oxygens (including phenoxy) is 2. The molecular weight excluding hydrogens is 421 g/mol. The number of nitrogens with one attached hydrogen (secondary N) is 2.